The van der Waals surface area contributed by atoms with Crippen LogP contribution in [0.1, 0.15) is 91.9 Å². The minimum Gasteiger partial charge on any atom is -0.403 e. The predicted octanol–water partition coefficient (Wildman–Crippen LogP) is 6.53. The maximum absolute atomic E-state index is 11.1. The fourth-order valence-electron chi connectivity index (χ4n) is 6.89. The molecule has 5 heteroatoms. The van der Waals surface area contributed by atoms with E-state index in [1.807, 2.05) is 0 Å². The monoisotopic (exact) mass is 490 g/mol. The third-order valence-corrected chi connectivity index (χ3v) is 14.3. The minimum absolute atomic E-state index is 0.00382. The lowest BCUT2D eigenvalue weighted by Crippen LogP contribution is -2.67. The summed E-state index contributed by atoms with van der Waals surface area (Å²) in [4.78, 5) is 0. The van der Waals surface area contributed by atoms with E-state index in [1.165, 1.54) is 44.9 Å². The van der Waals surface area contributed by atoms with Crippen LogP contribution in [-0.2, 0) is 13.9 Å². The first-order valence-corrected chi connectivity index (χ1v) is 17.2. The normalized spacial score (nSPS) is 34.7. The van der Waals surface area contributed by atoms with Crippen molar-refractivity contribution in [3.63, 3.8) is 0 Å². The molecule has 0 amide bonds. The maximum Gasteiger partial charge on any atom is 0.193 e. The first-order chi connectivity index (χ1) is 16.1. The molecule has 1 unspecified atom stereocenters. The molecule has 0 bridgehead atoms. The fourth-order valence-corrected chi connectivity index (χ4v) is 8.13. The van der Waals surface area contributed by atoms with Crippen molar-refractivity contribution in [3.05, 3.63) is 0 Å². The quantitative estimate of drug-likeness (QED) is 0.340. The molecule has 194 valence electrons. The molecule has 1 heterocycles. The first-order valence-electron chi connectivity index (χ1n) is 14.3. The highest BCUT2D eigenvalue weighted by Gasteiger charge is 2.68. The Hall–Kier alpha value is -0.383. The number of aliphatic hydroxyl groups excluding tert-OH is 1. The van der Waals surface area contributed by atoms with Crippen LogP contribution in [-0.4, -0.2) is 44.6 Å². The second kappa shape index (κ2) is 10.5. The summed E-state index contributed by atoms with van der Waals surface area (Å²) in [6.45, 7) is 15.3. The summed E-state index contributed by atoms with van der Waals surface area (Å²) >= 11 is 0. The van der Waals surface area contributed by atoms with Crippen LogP contribution in [0.25, 0.3) is 0 Å². The van der Waals surface area contributed by atoms with Crippen LogP contribution in [0.3, 0.4) is 0 Å². The van der Waals surface area contributed by atoms with Crippen LogP contribution in [0.2, 0.25) is 18.1 Å². The van der Waals surface area contributed by atoms with E-state index < -0.39 is 14.1 Å². The van der Waals surface area contributed by atoms with E-state index in [4.69, 9.17) is 13.9 Å². The second-order valence-corrected chi connectivity index (χ2v) is 17.8. The van der Waals surface area contributed by atoms with Gasteiger partial charge in [0.15, 0.2) is 14.1 Å². The molecular formula is C29H50O4Si. The van der Waals surface area contributed by atoms with Gasteiger partial charge in [0.05, 0.1) is 25.2 Å². The number of unbranched alkanes of at least 4 members (excludes halogenated alkanes) is 1. The molecule has 0 aromatic heterocycles. The number of fused-ring (bicyclic) bond motifs is 2. The van der Waals surface area contributed by atoms with Gasteiger partial charge in [0.25, 0.3) is 0 Å². The van der Waals surface area contributed by atoms with Gasteiger partial charge in [-0.3, -0.25) is 0 Å². The summed E-state index contributed by atoms with van der Waals surface area (Å²) in [5.74, 6) is 8.58. The van der Waals surface area contributed by atoms with Crippen LogP contribution in [0.4, 0.5) is 0 Å². The average Bonchev–Trinajstić information content (AvgIpc) is 3.30. The second-order valence-electron chi connectivity index (χ2n) is 13.0. The van der Waals surface area contributed by atoms with Crippen LogP contribution in [0.15, 0.2) is 0 Å². The molecule has 3 saturated carbocycles. The lowest BCUT2D eigenvalue weighted by molar-refractivity contribution is -0.341. The van der Waals surface area contributed by atoms with Crippen LogP contribution in [0, 0.1) is 41.4 Å². The van der Waals surface area contributed by atoms with Crippen LogP contribution >= 0.6 is 0 Å². The highest BCUT2D eigenvalue weighted by molar-refractivity contribution is 6.74. The third-order valence-electron chi connectivity index (χ3n) is 9.87. The molecule has 4 nitrogen and oxygen atoms in total. The molecule has 0 radical (unpaired) electrons. The van der Waals surface area contributed by atoms with Gasteiger partial charge in [-0.2, -0.15) is 0 Å². The van der Waals surface area contributed by atoms with E-state index in [-0.39, 0.29) is 23.2 Å². The molecule has 4 aliphatic rings. The summed E-state index contributed by atoms with van der Waals surface area (Å²) < 4.78 is 19.6. The molecule has 6 atom stereocenters. The lowest BCUT2D eigenvalue weighted by Gasteiger charge is -2.62. The fraction of sp³-hybridized carbons (Fsp3) is 0.931. The molecule has 1 spiro atoms. The molecule has 0 aromatic carbocycles. The lowest BCUT2D eigenvalue weighted by atomic mass is 9.49. The highest BCUT2D eigenvalue weighted by atomic mass is 28.4. The van der Waals surface area contributed by atoms with Gasteiger partial charge in [-0.1, -0.05) is 71.6 Å². The number of rotatable bonds is 6. The van der Waals surface area contributed by atoms with Crippen molar-refractivity contribution in [2.75, 3.05) is 13.2 Å². The zero-order valence-corrected chi connectivity index (χ0v) is 23.7. The predicted molar refractivity (Wildman–Crippen MR) is 140 cm³/mol. The Balaban J connectivity index is 1.59. The zero-order valence-electron chi connectivity index (χ0n) is 22.7. The molecule has 1 N–H and O–H groups in total. The standard InChI is InChI=1S/C29H50O4Si/c1-7-8-14-23-27-22(25(30)17-16-24(27)29(23)31-19-20-32-29)15-18-26(21-12-10-9-11-13-21)33-34(5,6)28(2,3)4/h21-27,30H,7-14,16-17,19-20H2,1-6H3/t22-,23?,24-,25+,26+,27-/m1/s1. The summed E-state index contributed by atoms with van der Waals surface area (Å²) in [5.41, 5.74) is 0. The molecule has 3 aliphatic carbocycles. The minimum atomic E-state index is -1.93. The summed E-state index contributed by atoms with van der Waals surface area (Å²) in [6, 6.07) is 0. The van der Waals surface area contributed by atoms with Crippen molar-refractivity contribution < 1.29 is 19.0 Å². The Morgan fingerprint density at radius 3 is 2.35 bits per heavy atom. The van der Waals surface area contributed by atoms with Crippen molar-refractivity contribution >= 4 is 8.32 Å². The van der Waals surface area contributed by atoms with Gasteiger partial charge >= 0.3 is 0 Å². The van der Waals surface area contributed by atoms with Crippen molar-refractivity contribution in [3.8, 4) is 11.8 Å². The summed E-state index contributed by atoms with van der Waals surface area (Å²) in [5, 5.41) is 11.3. The van der Waals surface area contributed by atoms with Gasteiger partial charge < -0.3 is 19.0 Å². The summed E-state index contributed by atoms with van der Waals surface area (Å²) in [7, 11) is -1.93. The largest absolute Gasteiger partial charge is 0.403 e. The van der Waals surface area contributed by atoms with Crippen LogP contribution < -0.4 is 0 Å². The molecule has 4 rings (SSSR count). The van der Waals surface area contributed by atoms with E-state index >= 15 is 0 Å². The smallest absolute Gasteiger partial charge is 0.193 e. The van der Waals surface area contributed by atoms with Gasteiger partial charge in [0.2, 0.25) is 0 Å². The highest BCUT2D eigenvalue weighted by Crippen LogP contribution is 2.63. The Labute approximate surface area is 210 Å². The first kappa shape index (κ1) is 26.7. The van der Waals surface area contributed by atoms with Crippen molar-refractivity contribution in [1.82, 2.24) is 0 Å². The molecule has 34 heavy (non-hydrogen) atoms. The van der Waals surface area contributed by atoms with Crippen LogP contribution in [0.5, 0.6) is 0 Å². The van der Waals surface area contributed by atoms with E-state index in [0.717, 1.165) is 19.3 Å². The van der Waals surface area contributed by atoms with E-state index in [2.05, 4.69) is 52.6 Å². The van der Waals surface area contributed by atoms with E-state index in [9.17, 15) is 5.11 Å². The van der Waals surface area contributed by atoms with Crippen molar-refractivity contribution in [2.24, 2.45) is 29.6 Å². The summed E-state index contributed by atoms with van der Waals surface area (Å²) in [6.07, 6.45) is 11.2. The SMILES string of the molecule is CCCCC1[C@H]2[C@H](C#C[C@H](O[Si](C)(C)C(C)(C)C)C3CCCCC3)[C@@H](O)CC[C@H]2C12OCCO2. The van der Waals surface area contributed by atoms with Crippen molar-refractivity contribution in [2.45, 2.75) is 128 Å². The molecular weight excluding hydrogens is 440 g/mol. The third kappa shape index (κ3) is 5.05. The topological polar surface area (TPSA) is 47.9 Å². The Bertz CT molecular complexity index is 735. The Morgan fingerprint density at radius 1 is 1.06 bits per heavy atom. The average molecular weight is 491 g/mol. The van der Waals surface area contributed by atoms with Crippen molar-refractivity contribution in [1.29, 1.82) is 0 Å². The van der Waals surface area contributed by atoms with E-state index in [0.29, 0.717) is 36.9 Å². The Morgan fingerprint density at radius 2 is 1.74 bits per heavy atom. The van der Waals surface area contributed by atoms with Gasteiger partial charge in [0.1, 0.15) is 6.10 Å². The van der Waals surface area contributed by atoms with Gasteiger partial charge in [-0.15, -0.1) is 0 Å². The molecule has 1 aliphatic heterocycles. The van der Waals surface area contributed by atoms with E-state index in [1.54, 1.807) is 0 Å². The van der Waals surface area contributed by atoms with Gasteiger partial charge in [0, 0.05) is 11.8 Å². The molecule has 4 fully saturated rings. The molecule has 1 saturated heterocycles. The Kier molecular flexibility index (Phi) is 8.27. The zero-order chi connectivity index (χ0) is 24.6. The number of hydrogen-bond acceptors (Lipinski definition) is 4. The number of aliphatic hydroxyl groups is 1. The van der Waals surface area contributed by atoms with Gasteiger partial charge in [-0.25, -0.2) is 0 Å². The number of hydrogen-bond donors (Lipinski definition) is 1. The maximum atomic E-state index is 11.1. The molecule has 0 aromatic rings. The number of ether oxygens (including phenoxy) is 2. The van der Waals surface area contributed by atoms with Gasteiger partial charge in [-0.05, 0) is 62.1 Å².